The van der Waals surface area contributed by atoms with Gasteiger partial charge in [0.1, 0.15) is 17.6 Å². The Kier molecular flexibility index (Phi) is 8.75. The SMILES string of the molecule is N#Cc1cnn2cc(OCCCOC(=O)C(F)(F)F)cc(-c3ccc(N4CCN(Cc5ccc(Cl)cn5)CC4)nc3)c12. The number of nitrogens with zero attached hydrogens (tertiary/aromatic N) is 7. The first-order valence-corrected chi connectivity index (χ1v) is 13.4. The number of ether oxygens (including phenoxy) is 2. The first-order chi connectivity index (χ1) is 20.2. The second-order valence-corrected chi connectivity index (χ2v) is 9.96. The minimum atomic E-state index is -5.03. The monoisotopic (exact) mass is 599 g/mol. The maximum atomic E-state index is 12.3. The lowest BCUT2D eigenvalue weighted by Crippen LogP contribution is -2.46. The molecule has 5 rings (SSSR count). The van der Waals surface area contributed by atoms with Gasteiger partial charge in [0.2, 0.25) is 0 Å². The number of alkyl halides is 3. The molecule has 0 aliphatic carbocycles. The van der Waals surface area contributed by atoms with E-state index in [0.29, 0.717) is 27.4 Å². The summed E-state index contributed by atoms with van der Waals surface area (Å²) in [6.07, 6.45) is 1.41. The van der Waals surface area contributed by atoms with Gasteiger partial charge in [-0.1, -0.05) is 11.6 Å². The summed E-state index contributed by atoms with van der Waals surface area (Å²) in [7, 11) is 0. The van der Waals surface area contributed by atoms with E-state index in [4.69, 9.17) is 16.3 Å². The third-order valence-corrected chi connectivity index (χ3v) is 6.88. The maximum absolute atomic E-state index is 12.3. The number of carbonyl (C=O) groups is 1. The van der Waals surface area contributed by atoms with Gasteiger partial charge in [0, 0.05) is 62.7 Å². The molecule has 0 saturated carbocycles. The van der Waals surface area contributed by atoms with Crippen molar-refractivity contribution in [2.75, 3.05) is 44.3 Å². The molecule has 218 valence electrons. The van der Waals surface area contributed by atoms with Crippen LogP contribution in [-0.2, 0) is 16.1 Å². The quantitative estimate of drug-likeness (QED) is 0.203. The van der Waals surface area contributed by atoms with Crippen LogP contribution in [0, 0.1) is 11.3 Å². The number of anilines is 1. The number of hydrogen-bond donors (Lipinski definition) is 0. The minimum absolute atomic E-state index is 0.000291. The average Bonchev–Trinajstić information content (AvgIpc) is 3.41. The molecule has 0 spiro atoms. The third kappa shape index (κ3) is 6.89. The summed E-state index contributed by atoms with van der Waals surface area (Å²) in [5.74, 6) is -1.03. The van der Waals surface area contributed by atoms with Crippen LogP contribution in [0.25, 0.3) is 16.6 Å². The predicted molar refractivity (Wildman–Crippen MR) is 147 cm³/mol. The molecule has 10 nitrogen and oxygen atoms in total. The summed E-state index contributed by atoms with van der Waals surface area (Å²) >= 11 is 5.93. The van der Waals surface area contributed by atoms with Gasteiger partial charge in [-0.3, -0.25) is 9.88 Å². The number of aromatic nitrogens is 4. The standard InChI is InChI=1S/C28H25ClF3N7O3/c29-21-3-4-22(34-16-21)17-37-6-8-38(9-7-37)25-5-2-19(14-35-25)24-12-23(18-39-26(24)20(13-33)15-36-39)41-10-1-11-42-27(40)28(30,31)32/h2-5,12,14-16,18H,1,6-11,17H2. The van der Waals surface area contributed by atoms with E-state index in [9.17, 15) is 23.2 Å². The highest BCUT2D eigenvalue weighted by molar-refractivity contribution is 6.30. The lowest BCUT2D eigenvalue weighted by Gasteiger charge is -2.35. The van der Waals surface area contributed by atoms with Crippen molar-refractivity contribution in [3.63, 3.8) is 0 Å². The number of esters is 1. The van der Waals surface area contributed by atoms with E-state index < -0.39 is 18.8 Å². The van der Waals surface area contributed by atoms with E-state index in [1.54, 1.807) is 24.7 Å². The Labute approximate surface area is 243 Å². The number of hydrogen-bond acceptors (Lipinski definition) is 9. The van der Waals surface area contributed by atoms with Crippen molar-refractivity contribution >= 4 is 28.9 Å². The minimum Gasteiger partial charge on any atom is -0.492 e. The van der Waals surface area contributed by atoms with Crippen molar-refractivity contribution in [2.24, 2.45) is 0 Å². The number of nitriles is 1. The number of piperazine rings is 1. The van der Waals surface area contributed by atoms with Gasteiger partial charge in [-0.15, -0.1) is 0 Å². The molecular weight excluding hydrogens is 575 g/mol. The van der Waals surface area contributed by atoms with Crippen LogP contribution in [0.15, 0.2) is 55.1 Å². The van der Waals surface area contributed by atoms with Gasteiger partial charge in [-0.05, 0) is 30.3 Å². The van der Waals surface area contributed by atoms with Gasteiger partial charge >= 0.3 is 12.1 Å². The lowest BCUT2D eigenvalue weighted by atomic mass is 10.1. The highest BCUT2D eigenvalue weighted by atomic mass is 35.5. The molecule has 5 heterocycles. The van der Waals surface area contributed by atoms with Crippen LogP contribution in [0.3, 0.4) is 0 Å². The molecule has 0 radical (unpaired) electrons. The van der Waals surface area contributed by atoms with Gasteiger partial charge in [-0.2, -0.15) is 23.5 Å². The van der Waals surface area contributed by atoms with Crippen LogP contribution in [0.4, 0.5) is 19.0 Å². The fourth-order valence-corrected chi connectivity index (χ4v) is 4.68. The molecule has 0 unspecified atom stereocenters. The van der Waals surface area contributed by atoms with Gasteiger partial charge in [0.05, 0.1) is 47.4 Å². The molecule has 14 heteroatoms. The molecule has 0 atom stereocenters. The van der Waals surface area contributed by atoms with Crippen LogP contribution in [0.2, 0.25) is 5.02 Å². The molecule has 1 aliphatic rings. The van der Waals surface area contributed by atoms with Crippen LogP contribution in [0.5, 0.6) is 5.75 Å². The molecule has 1 aliphatic heterocycles. The van der Waals surface area contributed by atoms with Crippen molar-refractivity contribution in [3.05, 3.63) is 71.4 Å². The highest BCUT2D eigenvalue weighted by Gasteiger charge is 2.40. The fraction of sp³-hybridized carbons (Fsp3) is 0.321. The second kappa shape index (κ2) is 12.6. The first kappa shape index (κ1) is 29.1. The Hall–Kier alpha value is -4.41. The van der Waals surface area contributed by atoms with Gasteiger partial charge < -0.3 is 14.4 Å². The topological polar surface area (TPSA) is 109 Å². The van der Waals surface area contributed by atoms with Gasteiger partial charge in [0.15, 0.2) is 0 Å². The van der Waals surface area contributed by atoms with Crippen LogP contribution < -0.4 is 9.64 Å². The molecule has 1 saturated heterocycles. The lowest BCUT2D eigenvalue weighted by molar-refractivity contribution is -0.199. The summed E-state index contributed by atoms with van der Waals surface area (Å²) < 4.78 is 48.3. The summed E-state index contributed by atoms with van der Waals surface area (Å²) in [5, 5.41) is 14.5. The summed E-state index contributed by atoms with van der Waals surface area (Å²) in [6.45, 7) is 3.61. The van der Waals surface area contributed by atoms with Crippen molar-refractivity contribution in [1.82, 2.24) is 24.5 Å². The molecule has 4 aromatic rings. The molecule has 0 aromatic carbocycles. The van der Waals surface area contributed by atoms with Gasteiger partial charge in [0.25, 0.3) is 0 Å². The Balaban J connectivity index is 1.24. The van der Waals surface area contributed by atoms with Crippen LogP contribution in [-0.4, -0.2) is 76.0 Å². The number of rotatable bonds is 9. The zero-order valence-corrected chi connectivity index (χ0v) is 23.0. The largest absolute Gasteiger partial charge is 0.492 e. The fourth-order valence-electron chi connectivity index (χ4n) is 4.57. The molecule has 1 fully saturated rings. The Morgan fingerprint density at radius 3 is 2.52 bits per heavy atom. The number of halogens is 4. The van der Waals surface area contributed by atoms with E-state index in [1.807, 2.05) is 24.3 Å². The smallest absolute Gasteiger partial charge is 0.490 e. The molecule has 42 heavy (non-hydrogen) atoms. The molecule has 4 aromatic heterocycles. The average molecular weight is 600 g/mol. The predicted octanol–water partition coefficient (Wildman–Crippen LogP) is 4.51. The number of pyridine rings is 3. The highest BCUT2D eigenvalue weighted by Crippen LogP contribution is 2.31. The zero-order chi connectivity index (χ0) is 29.7. The van der Waals surface area contributed by atoms with Crippen LogP contribution in [0.1, 0.15) is 17.7 Å². The normalized spacial score (nSPS) is 14.1. The van der Waals surface area contributed by atoms with E-state index in [0.717, 1.165) is 49.8 Å². The summed E-state index contributed by atoms with van der Waals surface area (Å²) in [4.78, 5) is 24.4. The Morgan fingerprint density at radius 1 is 1.05 bits per heavy atom. The van der Waals surface area contributed by atoms with Crippen molar-refractivity contribution in [1.29, 1.82) is 5.26 Å². The first-order valence-electron chi connectivity index (χ1n) is 13.0. The van der Waals surface area contributed by atoms with Crippen molar-refractivity contribution in [3.8, 4) is 22.9 Å². The van der Waals surface area contributed by atoms with E-state index >= 15 is 0 Å². The van der Waals surface area contributed by atoms with Crippen molar-refractivity contribution in [2.45, 2.75) is 19.1 Å². The Bertz CT molecular complexity index is 1580. The second-order valence-electron chi connectivity index (χ2n) is 9.52. The number of fused-ring (bicyclic) bond motifs is 1. The van der Waals surface area contributed by atoms with Crippen LogP contribution >= 0.6 is 11.6 Å². The summed E-state index contributed by atoms with van der Waals surface area (Å²) in [5.41, 5.74) is 3.30. The zero-order valence-electron chi connectivity index (χ0n) is 22.2. The van der Waals surface area contributed by atoms with Gasteiger partial charge in [-0.25, -0.2) is 14.3 Å². The van der Waals surface area contributed by atoms with Crippen molar-refractivity contribution < 1.29 is 27.4 Å². The van der Waals surface area contributed by atoms with E-state index in [2.05, 4.69) is 35.7 Å². The maximum Gasteiger partial charge on any atom is 0.490 e. The molecule has 0 bridgehead atoms. The number of carbonyl (C=O) groups excluding carboxylic acids is 1. The molecular formula is C28H25ClF3N7O3. The Morgan fingerprint density at radius 2 is 1.86 bits per heavy atom. The summed E-state index contributed by atoms with van der Waals surface area (Å²) in [6, 6.07) is 11.5. The molecule has 0 N–H and O–H groups in total. The molecule has 0 amide bonds. The third-order valence-electron chi connectivity index (χ3n) is 6.66. The van der Waals surface area contributed by atoms with E-state index in [1.165, 1.54) is 10.7 Å². The van der Waals surface area contributed by atoms with E-state index in [-0.39, 0.29) is 13.0 Å².